The van der Waals surface area contributed by atoms with Gasteiger partial charge in [-0.1, -0.05) is 30.3 Å². The number of carbonyl (C=O) groups excluding carboxylic acids is 2. The maximum atomic E-state index is 13.5. The normalized spacial score (nSPS) is 16.3. The van der Waals surface area contributed by atoms with E-state index in [1.807, 2.05) is 30.5 Å². The highest BCUT2D eigenvalue weighted by atomic mass is 19.1. The molecule has 174 valence electrons. The molecule has 0 aliphatic carbocycles. The van der Waals surface area contributed by atoms with Gasteiger partial charge in [0.2, 0.25) is 11.8 Å². The standard InChI is InChI=1S/C25H29FN4O3/c1-17(31)29-23(14-19-15-27-22-5-3-2-4-21(19)22)25(32)28-16-24(30-10-12-33-13-11-30)18-6-8-20(26)9-7-18/h2-9,15,23-24,27H,10-14,16H2,1H3,(H,28,32)(H,29,31)/t23-,24+/m1/s1. The van der Waals surface area contributed by atoms with Crippen molar-refractivity contribution < 1.29 is 18.7 Å². The molecule has 3 aromatic rings. The number of hydrogen-bond acceptors (Lipinski definition) is 4. The number of nitrogens with one attached hydrogen (secondary N) is 3. The zero-order valence-electron chi connectivity index (χ0n) is 18.6. The third-order valence-electron chi connectivity index (χ3n) is 6.00. The summed E-state index contributed by atoms with van der Waals surface area (Å²) in [5.41, 5.74) is 2.87. The number of ether oxygens (including phenoxy) is 1. The number of hydrogen-bond donors (Lipinski definition) is 3. The number of H-pyrrole nitrogens is 1. The fourth-order valence-electron chi connectivity index (χ4n) is 4.33. The lowest BCUT2D eigenvalue weighted by Gasteiger charge is -2.35. The molecule has 1 saturated heterocycles. The van der Waals surface area contributed by atoms with Crippen LogP contribution in [0.2, 0.25) is 0 Å². The van der Waals surface area contributed by atoms with Gasteiger partial charge in [0.15, 0.2) is 0 Å². The number of nitrogens with zero attached hydrogens (tertiary/aromatic N) is 1. The lowest BCUT2D eigenvalue weighted by Crippen LogP contribution is -2.50. The van der Waals surface area contributed by atoms with E-state index in [9.17, 15) is 14.0 Å². The van der Waals surface area contributed by atoms with Crippen molar-refractivity contribution >= 4 is 22.7 Å². The van der Waals surface area contributed by atoms with Crippen LogP contribution in [-0.4, -0.2) is 60.6 Å². The number of carbonyl (C=O) groups is 2. The van der Waals surface area contributed by atoms with Gasteiger partial charge in [-0.2, -0.15) is 0 Å². The quantitative estimate of drug-likeness (QED) is 0.490. The number of halogens is 1. The van der Waals surface area contributed by atoms with Gasteiger partial charge in [-0.05, 0) is 29.3 Å². The largest absolute Gasteiger partial charge is 0.379 e. The van der Waals surface area contributed by atoms with Crippen LogP contribution in [0.25, 0.3) is 10.9 Å². The van der Waals surface area contributed by atoms with E-state index in [0.717, 1.165) is 35.1 Å². The Bertz CT molecular complexity index is 1090. The summed E-state index contributed by atoms with van der Waals surface area (Å²) in [4.78, 5) is 30.4. The molecule has 2 amide bonds. The Balaban J connectivity index is 1.49. The van der Waals surface area contributed by atoms with Crippen molar-refractivity contribution in [2.45, 2.75) is 25.4 Å². The second kappa shape index (κ2) is 10.6. The third-order valence-corrected chi connectivity index (χ3v) is 6.00. The molecule has 0 spiro atoms. The Hall–Kier alpha value is -3.23. The van der Waals surface area contributed by atoms with E-state index in [-0.39, 0.29) is 23.7 Å². The molecule has 2 heterocycles. The fourth-order valence-corrected chi connectivity index (χ4v) is 4.33. The molecule has 8 heteroatoms. The number of amides is 2. The van der Waals surface area contributed by atoms with Gasteiger partial charge < -0.3 is 20.4 Å². The molecule has 1 aliphatic rings. The van der Waals surface area contributed by atoms with Gasteiger partial charge in [0.1, 0.15) is 11.9 Å². The SMILES string of the molecule is CC(=O)N[C@H](Cc1c[nH]c2ccccc12)C(=O)NC[C@@H](c1ccc(F)cc1)N1CCOCC1. The number of benzene rings is 2. The van der Waals surface area contributed by atoms with Crippen molar-refractivity contribution in [3.63, 3.8) is 0 Å². The molecule has 0 unspecified atom stereocenters. The van der Waals surface area contributed by atoms with Crippen LogP contribution in [-0.2, 0) is 20.7 Å². The van der Waals surface area contributed by atoms with Gasteiger partial charge in [0.05, 0.1) is 19.3 Å². The molecule has 0 radical (unpaired) electrons. The van der Waals surface area contributed by atoms with Gasteiger partial charge in [-0.3, -0.25) is 14.5 Å². The Morgan fingerprint density at radius 3 is 2.58 bits per heavy atom. The number of fused-ring (bicyclic) bond motifs is 1. The average molecular weight is 453 g/mol. The smallest absolute Gasteiger partial charge is 0.242 e. The van der Waals surface area contributed by atoms with Crippen LogP contribution in [0, 0.1) is 5.82 Å². The molecular weight excluding hydrogens is 423 g/mol. The molecule has 7 nitrogen and oxygen atoms in total. The minimum absolute atomic E-state index is 0.121. The molecule has 0 saturated carbocycles. The van der Waals surface area contributed by atoms with Crippen molar-refractivity contribution in [1.29, 1.82) is 0 Å². The lowest BCUT2D eigenvalue weighted by atomic mass is 10.0. The second-order valence-corrected chi connectivity index (χ2v) is 8.28. The van der Waals surface area contributed by atoms with Crippen molar-refractivity contribution in [2.75, 3.05) is 32.8 Å². The number of morpholine rings is 1. The Morgan fingerprint density at radius 2 is 1.85 bits per heavy atom. The zero-order chi connectivity index (χ0) is 23.2. The van der Waals surface area contributed by atoms with Gasteiger partial charge in [0, 0.05) is 50.1 Å². The summed E-state index contributed by atoms with van der Waals surface area (Å²) in [7, 11) is 0. The van der Waals surface area contributed by atoms with Crippen molar-refractivity contribution in [1.82, 2.24) is 20.5 Å². The molecular formula is C25H29FN4O3. The fraction of sp³-hybridized carbons (Fsp3) is 0.360. The number of aromatic nitrogens is 1. The Morgan fingerprint density at radius 1 is 1.12 bits per heavy atom. The van der Waals surface area contributed by atoms with E-state index < -0.39 is 6.04 Å². The molecule has 0 bridgehead atoms. The van der Waals surface area contributed by atoms with Crippen LogP contribution in [0.1, 0.15) is 24.1 Å². The first kappa shape index (κ1) is 22.9. The van der Waals surface area contributed by atoms with Crippen molar-refractivity contribution in [3.05, 3.63) is 71.7 Å². The minimum atomic E-state index is -0.708. The van der Waals surface area contributed by atoms with Crippen molar-refractivity contribution in [3.8, 4) is 0 Å². The summed E-state index contributed by atoms with van der Waals surface area (Å²) in [5.74, 6) is -0.818. The topological polar surface area (TPSA) is 86.5 Å². The maximum Gasteiger partial charge on any atom is 0.242 e. The molecule has 3 N–H and O–H groups in total. The summed E-state index contributed by atoms with van der Waals surface area (Å²) in [5, 5.41) is 6.83. The van der Waals surface area contributed by atoms with Gasteiger partial charge in [-0.25, -0.2) is 4.39 Å². The van der Waals surface area contributed by atoms with E-state index >= 15 is 0 Å². The summed E-state index contributed by atoms with van der Waals surface area (Å²) in [6.07, 6.45) is 2.25. The first-order valence-electron chi connectivity index (χ1n) is 11.2. The van der Waals surface area contributed by atoms with Crippen LogP contribution in [0.15, 0.2) is 54.7 Å². The van der Waals surface area contributed by atoms with E-state index in [0.29, 0.717) is 26.2 Å². The highest BCUT2D eigenvalue weighted by Gasteiger charge is 2.26. The summed E-state index contributed by atoms with van der Waals surface area (Å²) >= 11 is 0. The summed E-state index contributed by atoms with van der Waals surface area (Å²) in [6, 6.07) is 13.4. The molecule has 2 aromatic carbocycles. The van der Waals surface area contributed by atoms with Gasteiger partial charge in [0.25, 0.3) is 0 Å². The first-order chi connectivity index (χ1) is 16.0. The summed E-state index contributed by atoms with van der Waals surface area (Å²) < 4.78 is 18.9. The third kappa shape index (κ3) is 5.77. The molecule has 1 aromatic heterocycles. The molecule has 4 rings (SSSR count). The number of rotatable bonds is 8. The van der Waals surface area contributed by atoms with E-state index in [2.05, 4.69) is 20.5 Å². The minimum Gasteiger partial charge on any atom is -0.379 e. The number of para-hydroxylation sites is 1. The predicted octanol–water partition coefficient (Wildman–Crippen LogP) is 2.54. The van der Waals surface area contributed by atoms with E-state index in [1.165, 1.54) is 19.1 Å². The van der Waals surface area contributed by atoms with Crippen LogP contribution in [0.4, 0.5) is 4.39 Å². The lowest BCUT2D eigenvalue weighted by molar-refractivity contribution is -0.128. The maximum absolute atomic E-state index is 13.5. The van der Waals surface area contributed by atoms with Crippen LogP contribution >= 0.6 is 0 Å². The zero-order valence-corrected chi connectivity index (χ0v) is 18.6. The van der Waals surface area contributed by atoms with Crippen LogP contribution < -0.4 is 10.6 Å². The highest BCUT2D eigenvalue weighted by Crippen LogP contribution is 2.22. The highest BCUT2D eigenvalue weighted by molar-refractivity contribution is 5.89. The van der Waals surface area contributed by atoms with Crippen molar-refractivity contribution in [2.24, 2.45) is 0 Å². The summed E-state index contributed by atoms with van der Waals surface area (Å²) in [6.45, 7) is 4.42. The first-order valence-corrected chi connectivity index (χ1v) is 11.2. The average Bonchev–Trinajstić information content (AvgIpc) is 3.23. The second-order valence-electron chi connectivity index (χ2n) is 8.28. The Kier molecular flexibility index (Phi) is 7.36. The van der Waals surface area contributed by atoms with Gasteiger partial charge >= 0.3 is 0 Å². The van der Waals surface area contributed by atoms with Crippen LogP contribution in [0.5, 0.6) is 0 Å². The van der Waals surface area contributed by atoms with E-state index in [4.69, 9.17) is 4.74 Å². The Labute approximate surface area is 192 Å². The predicted molar refractivity (Wildman–Crippen MR) is 124 cm³/mol. The van der Waals surface area contributed by atoms with Crippen LogP contribution in [0.3, 0.4) is 0 Å². The molecule has 1 fully saturated rings. The molecule has 2 atom stereocenters. The monoisotopic (exact) mass is 452 g/mol. The van der Waals surface area contributed by atoms with Gasteiger partial charge in [-0.15, -0.1) is 0 Å². The number of aromatic amines is 1. The van der Waals surface area contributed by atoms with E-state index in [1.54, 1.807) is 12.1 Å². The molecule has 1 aliphatic heterocycles. The molecule has 33 heavy (non-hydrogen) atoms.